The van der Waals surface area contributed by atoms with Gasteiger partial charge in [0.25, 0.3) is 5.69 Å². The van der Waals surface area contributed by atoms with Crippen LogP contribution in [0.3, 0.4) is 0 Å². The molecule has 0 aliphatic carbocycles. The molecule has 0 spiro atoms. The average molecular weight is 362 g/mol. The van der Waals surface area contributed by atoms with Crippen molar-refractivity contribution in [1.29, 1.82) is 5.26 Å². The summed E-state index contributed by atoms with van der Waals surface area (Å²) in [6.45, 7) is 2.98. The Morgan fingerprint density at radius 1 is 1.50 bits per heavy atom. The van der Waals surface area contributed by atoms with Crippen LogP contribution in [0.15, 0.2) is 27.6 Å². The van der Waals surface area contributed by atoms with Crippen LogP contribution >= 0.6 is 15.9 Å². The highest BCUT2D eigenvalue weighted by Gasteiger charge is 2.28. The number of hydrogen-bond donors (Lipinski definition) is 1. The van der Waals surface area contributed by atoms with Crippen LogP contribution in [-0.2, 0) is 10.0 Å². The fraction of sp³-hybridized carbons (Fsp3) is 0.364. The van der Waals surface area contributed by atoms with E-state index in [-0.39, 0.29) is 6.54 Å². The summed E-state index contributed by atoms with van der Waals surface area (Å²) in [5, 5.41) is 19.7. The highest BCUT2D eigenvalue weighted by molar-refractivity contribution is 9.10. The van der Waals surface area contributed by atoms with Gasteiger partial charge in [-0.05, 0) is 26.0 Å². The Kier molecular flexibility index (Phi) is 4.86. The number of rotatable bonds is 5. The molecule has 0 amide bonds. The Morgan fingerprint density at radius 2 is 2.10 bits per heavy atom. The lowest BCUT2D eigenvalue weighted by Crippen LogP contribution is -2.33. The van der Waals surface area contributed by atoms with Gasteiger partial charge in [0.15, 0.2) is 4.90 Å². The molecule has 7 nitrogen and oxygen atoms in total. The molecule has 0 bridgehead atoms. The fourth-order valence-corrected chi connectivity index (χ4v) is 3.17. The van der Waals surface area contributed by atoms with Crippen molar-refractivity contribution in [2.45, 2.75) is 18.7 Å². The molecule has 0 fully saturated rings. The van der Waals surface area contributed by atoms with Crippen molar-refractivity contribution in [3.63, 3.8) is 0 Å². The van der Waals surface area contributed by atoms with Crippen molar-refractivity contribution in [2.24, 2.45) is 5.41 Å². The summed E-state index contributed by atoms with van der Waals surface area (Å²) < 4.78 is 26.9. The van der Waals surface area contributed by atoms with E-state index in [4.69, 9.17) is 5.26 Å². The summed E-state index contributed by atoms with van der Waals surface area (Å²) in [4.78, 5) is 9.68. The molecule has 9 heteroatoms. The van der Waals surface area contributed by atoms with Gasteiger partial charge in [0.1, 0.15) is 0 Å². The number of nitro groups is 1. The lowest BCUT2D eigenvalue weighted by atomic mass is 9.97. The Morgan fingerprint density at radius 3 is 2.60 bits per heavy atom. The van der Waals surface area contributed by atoms with Gasteiger partial charge in [-0.2, -0.15) is 5.26 Å². The molecule has 1 rings (SSSR count). The second kappa shape index (κ2) is 5.87. The largest absolute Gasteiger partial charge is 0.289 e. The van der Waals surface area contributed by atoms with Crippen LogP contribution in [-0.4, -0.2) is 19.9 Å². The summed E-state index contributed by atoms with van der Waals surface area (Å²) in [6, 6.07) is 5.59. The predicted octanol–water partition coefficient (Wildman–Crippen LogP) is 2.19. The van der Waals surface area contributed by atoms with Crippen LogP contribution in [0.25, 0.3) is 0 Å². The summed E-state index contributed by atoms with van der Waals surface area (Å²) in [7, 11) is -4.07. The number of halogens is 1. The van der Waals surface area contributed by atoms with E-state index < -0.39 is 30.9 Å². The first-order chi connectivity index (χ1) is 9.09. The third-order valence-corrected chi connectivity index (χ3v) is 4.34. The third kappa shape index (κ3) is 4.00. The molecule has 0 heterocycles. The van der Waals surface area contributed by atoms with Crippen molar-refractivity contribution in [2.75, 3.05) is 6.54 Å². The molecule has 0 aliphatic heterocycles. The van der Waals surface area contributed by atoms with Gasteiger partial charge in [0, 0.05) is 17.1 Å². The number of nitriles is 1. The van der Waals surface area contributed by atoms with Gasteiger partial charge in [0.2, 0.25) is 10.0 Å². The molecule has 0 unspecified atom stereocenters. The Bertz CT molecular complexity index is 679. The zero-order valence-corrected chi connectivity index (χ0v) is 13.2. The standard InChI is InChI=1S/C11H12BrN3O4S/c1-11(2,6-13)7-14-20(18,19)10-5-8(12)3-4-9(10)15(16)17/h3-5,14H,7H2,1-2H3. The average Bonchev–Trinajstić information content (AvgIpc) is 2.36. The minimum Gasteiger partial charge on any atom is -0.258 e. The van der Waals surface area contributed by atoms with Crippen molar-refractivity contribution < 1.29 is 13.3 Å². The Balaban J connectivity index is 3.20. The predicted molar refractivity (Wildman–Crippen MR) is 75.4 cm³/mol. The van der Waals surface area contributed by atoms with E-state index in [1.807, 2.05) is 6.07 Å². The van der Waals surface area contributed by atoms with Crippen molar-refractivity contribution in [1.82, 2.24) is 4.72 Å². The van der Waals surface area contributed by atoms with Crippen LogP contribution in [0, 0.1) is 26.9 Å². The zero-order chi connectivity index (χ0) is 15.6. The first kappa shape index (κ1) is 16.6. The van der Waals surface area contributed by atoms with Gasteiger partial charge < -0.3 is 0 Å². The Hall–Kier alpha value is -1.50. The van der Waals surface area contributed by atoms with Gasteiger partial charge in [-0.25, -0.2) is 13.1 Å². The molecule has 0 saturated carbocycles. The number of benzene rings is 1. The van der Waals surface area contributed by atoms with Crippen molar-refractivity contribution in [3.8, 4) is 6.07 Å². The van der Waals surface area contributed by atoms with Crippen LogP contribution in [0.1, 0.15) is 13.8 Å². The van der Waals surface area contributed by atoms with E-state index in [0.29, 0.717) is 4.47 Å². The van der Waals surface area contributed by atoms with E-state index in [0.717, 1.165) is 12.1 Å². The van der Waals surface area contributed by atoms with Gasteiger partial charge in [-0.3, -0.25) is 10.1 Å². The van der Waals surface area contributed by atoms with Crippen molar-refractivity contribution in [3.05, 3.63) is 32.8 Å². The quantitative estimate of drug-likeness (QED) is 0.637. The van der Waals surface area contributed by atoms with E-state index >= 15 is 0 Å². The number of nitrogens with zero attached hydrogens (tertiary/aromatic N) is 2. The molecular weight excluding hydrogens is 350 g/mol. The molecule has 0 atom stereocenters. The molecule has 0 saturated heterocycles. The normalized spacial score (nSPS) is 11.9. The van der Waals surface area contributed by atoms with Crippen LogP contribution in [0.4, 0.5) is 5.69 Å². The number of nitrogens with one attached hydrogen (secondary N) is 1. The molecule has 1 aromatic rings. The van der Waals surface area contributed by atoms with Gasteiger partial charge in [-0.1, -0.05) is 15.9 Å². The van der Waals surface area contributed by atoms with E-state index in [1.165, 1.54) is 6.07 Å². The van der Waals surface area contributed by atoms with E-state index in [2.05, 4.69) is 20.7 Å². The maximum atomic E-state index is 12.1. The topological polar surface area (TPSA) is 113 Å². The lowest BCUT2D eigenvalue weighted by molar-refractivity contribution is -0.387. The van der Waals surface area contributed by atoms with Gasteiger partial charge in [-0.15, -0.1) is 0 Å². The highest BCUT2D eigenvalue weighted by atomic mass is 79.9. The maximum Gasteiger partial charge on any atom is 0.289 e. The monoisotopic (exact) mass is 361 g/mol. The third-order valence-electron chi connectivity index (χ3n) is 2.41. The van der Waals surface area contributed by atoms with E-state index in [1.54, 1.807) is 13.8 Å². The molecule has 0 aromatic heterocycles. The maximum absolute atomic E-state index is 12.1. The number of nitro benzene ring substituents is 1. The first-order valence-corrected chi connectivity index (χ1v) is 7.71. The molecule has 0 aliphatic rings. The van der Waals surface area contributed by atoms with Crippen molar-refractivity contribution >= 4 is 31.6 Å². The summed E-state index contributed by atoms with van der Waals surface area (Å²) in [5.74, 6) is 0. The number of sulfonamides is 1. The lowest BCUT2D eigenvalue weighted by Gasteiger charge is -2.16. The number of hydrogen-bond acceptors (Lipinski definition) is 5. The molecule has 1 aromatic carbocycles. The first-order valence-electron chi connectivity index (χ1n) is 5.44. The van der Waals surface area contributed by atoms with Crippen LogP contribution in [0.2, 0.25) is 0 Å². The molecule has 1 N–H and O–H groups in total. The molecular formula is C11H12BrN3O4S. The molecule has 0 radical (unpaired) electrons. The highest BCUT2D eigenvalue weighted by Crippen LogP contribution is 2.27. The fourth-order valence-electron chi connectivity index (χ4n) is 1.25. The van der Waals surface area contributed by atoms with Gasteiger partial charge >= 0.3 is 0 Å². The molecule has 20 heavy (non-hydrogen) atoms. The van der Waals surface area contributed by atoms with E-state index in [9.17, 15) is 18.5 Å². The minimum atomic E-state index is -4.07. The zero-order valence-electron chi connectivity index (χ0n) is 10.8. The van der Waals surface area contributed by atoms with Crippen LogP contribution in [0.5, 0.6) is 0 Å². The second-order valence-corrected chi connectivity index (χ2v) is 7.34. The van der Waals surface area contributed by atoms with Gasteiger partial charge in [0.05, 0.1) is 16.4 Å². The smallest absolute Gasteiger partial charge is 0.258 e. The summed E-state index contributed by atoms with van der Waals surface area (Å²) >= 11 is 3.07. The summed E-state index contributed by atoms with van der Waals surface area (Å²) in [5.41, 5.74) is -1.43. The van der Waals surface area contributed by atoms with Crippen LogP contribution < -0.4 is 4.72 Å². The molecule has 108 valence electrons. The Labute approximate surface area is 124 Å². The minimum absolute atomic E-state index is 0.143. The summed E-state index contributed by atoms with van der Waals surface area (Å²) in [6.07, 6.45) is 0. The second-order valence-electron chi connectivity index (χ2n) is 4.69. The SMILES string of the molecule is CC(C)(C#N)CNS(=O)(=O)c1cc(Br)ccc1[N+](=O)[O-].